The average Bonchev–Trinajstić information content (AvgIpc) is 2.85. The molecule has 0 aliphatic heterocycles. The van der Waals surface area contributed by atoms with Gasteiger partial charge in [0, 0.05) is 31.9 Å². The molecule has 3 rings (SSSR count). The van der Waals surface area contributed by atoms with Gasteiger partial charge in [0.05, 0.1) is 11.6 Å². The predicted octanol–water partition coefficient (Wildman–Crippen LogP) is 5.00. The largest absolute Gasteiger partial charge is 0.433 e. The summed E-state index contributed by atoms with van der Waals surface area (Å²) < 4.78 is 75.5. The molecule has 0 bridgehead atoms. The molecule has 1 heterocycles. The Morgan fingerprint density at radius 3 is 2.36 bits per heavy atom. The fraction of sp³-hybridized carbons (Fsp3) is 0.250. The van der Waals surface area contributed by atoms with Crippen LogP contribution in [0.1, 0.15) is 29.7 Å². The number of halogens is 4. The van der Waals surface area contributed by atoms with Crippen molar-refractivity contribution in [2.75, 3.05) is 23.3 Å². The van der Waals surface area contributed by atoms with Crippen molar-refractivity contribution in [3.05, 3.63) is 83.3 Å². The molecule has 2 atom stereocenters. The van der Waals surface area contributed by atoms with Gasteiger partial charge in [-0.2, -0.15) is 13.2 Å². The van der Waals surface area contributed by atoms with Crippen LogP contribution in [0.2, 0.25) is 0 Å². The van der Waals surface area contributed by atoms with Crippen molar-refractivity contribution >= 4 is 34.4 Å². The number of carbonyl (C=O) groups is 1. The van der Waals surface area contributed by atoms with Crippen LogP contribution in [0.15, 0.2) is 60.7 Å². The van der Waals surface area contributed by atoms with Crippen molar-refractivity contribution in [3.63, 3.8) is 0 Å². The van der Waals surface area contributed by atoms with E-state index in [1.54, 1.807) is 44.3 Å². The number of carbonyl (C=O) groups excluding carboxylic acids is 1. The Labute approximate surface area is 208 Å². The Kier molecular flexibility index (Phi) is 8.31. The molecule has 0 saturated carbocycles. The zero-order valence-electron chi connectivity index (χ0n) is 19.6. The van der Waals surface area contributed by atoms with Gasteiger partial charge in [-0.25, -0.2) is 13.6 Å². The van der Waals surface area contributed by atoms with E-state index in [2.05, 4.69) is 10.3 Å². The minimum absolute atomic E-state index is 0.0272. The molecule has 2 aromatic carbocycles. The van der Waals surface area contributed by atoms with Gasteiger partial charge in [0.25, 0.3) is 11.3 Å². The number of nitrogens with one attached hydrogen (secondary N) is 1. The molecule has 0 aliphatic carbocycles. The monoisotopic (exact) mass is 524 g/mol. The fourth-order valence-corrected chi connectivity index (χ4v) is 3.77. The molecule has 2 N–H and O–H groups in total. The molecule has 3 aromatic rings. The predicted molar refractivity (Wildman–Crippen MR) is 130 cm³/mol. The lowest BCUT2D eigenvalue weighted by Gasteiger charge is -2.23. The van der Waals surface area contributed by atoms with Crippen LogP contribution in [0.25, 0.3) is 0 Å². The van der Waals surface area contributed by atoms with E-state index in [1.807, 2.05) is 0 Å². The summed E-state index contributed by atoms with van der Waals surface area (Å²) in [6, 6.07) is 14.6. The zero-order valence-corrected chi connectivity index (χ0v) is 20.4. The molecule has 0 aliphatic rings. The van der Waals surface area contributed by atoms with Crippen molar-refractivity contribution in [2.45, 2.75) is 25.6 Å². The second kappa shape index (κ2) is 11.0. The maximum absolute atomic E-state index is 14.4. The van der Waals surface area contributed by atoms with Gasteiger partial charge in [-0.1, -0.05) is 30.3 Å². The summed E-state index contributed by atoms with van der Waals surface area (Å²) in [5, 5.41) is 2.67. The maximum Gasteiger partial charge on any atom is 0.433 e. The molecule has 0 spiro atoms. The molecule has 0 radical (unpaired) electrons. The van der Waals surface area contributed by atoms with E-state index in [4.69, 9.17) is 4.55 Å². The molecular weight excluding hydrogens is 500 g/mol. The number of benzene rings is 2. The minimum atomic E-state index is -4.64. The van der Waals surface area contributed by atoms with Gasteiger partial charge in [0.15, 0.2) is 0 Å². The summed E-state index contributed by atoms with van der Waals surface area (Å²) in [6.07, 6.45) is -4.64. The van der Waals surface area contributed by atoms with E-state index in [-0.39, 0.29) is 18.1 Å². The molecule has 0 saturated heterocycles. The first kappa shape index (κ1) is 27.1. The van der Waals surface area contributed by atoms with Gasteiger partial charge in [-0.15, -0.1) is 0 Å². The summed E-state index contributed by atoms with van der Waals surface area (Å²) in [5.41, 5.74) is 0.0980. The lowest BCUT2D eigenvalue weighted by atomic mass is 9.99. The Hall–Kier alpha value is -3.51. The molecule has 7 nitrogen and oxygen atoms in total. The van der Waals surface area contributed by atoms with Crippen LogP contribution in [0.5, 0.6) is 0 Å². The Morgan fingerprint density at radius 2 is 1.78 bits per heavy atom. The van der Waals surface area contributed by atoms with Crippen LogP contribution in [-0.2, 0) is 28.8 Å². The van der Waals surface area contributed by atoms with Crippen molar-refractivity contribution < 1.29 is 31.1 Å². The van der Waals surface area contributed by atoms with E-state index < -0.39 is 40.8 Å². The van der Waals surface area contributed by atoms with E-state index >= 15 is 0 Å². The van der Waals surface area contributed by atoms with Gasteiger partial charge in [-0.3, -0.25) is 13.7 Å². The van der Waals surface area contributed by atoms with Crippen molar-refractivity contribution in [2.24, 2.45) is 0 Å². The highest BCUT2D eigenvalue weighted by Gasteiger charge is 2.33. The number of anilines is 3. The highest BCUT2D eigenvalue weighted by Crippen LogP contribution is 2.32. The second-order valence-corrected chi connectivity index (χ2v) is 8.96. The van der Waals surface area contributed by atoms with Gasteiger partial charge < -0.3 is 10.2 Å². The number of aromatic nitrogens is 1. The summed E-state index contributed by atoms with van der Waals surface area (Å²) in [7, 11) is 2.82. The van der Waals surface area contributed by atoms with E-state index in [0.29, 0.717) is 16.8 Å². The Balaban J connectivity index is 1.82. The van der Waals surface area contributed by atoms with Gasteiger partial charge in [-0.05, 0) is 42.8 Å². The summed E-state index contributed by atoms with van der Waals surface area (Å²) >= 11 is -2.42. The minimum Gasteiger partial charge on any atom is -0.351 e. The van der Waals surface area contributed by atoms with Crippen molar-refractivity contribution in [1.82, 2.24) is 10.3 Å². The van der Waals surface area contributed by atoms with Crippen LogP contribution in [0.3, 0.4) is 0 Å². The third kappa shape index (κ3) is 6.18. The summed E-state index contributed by atoms with van der Waals surface area (Å²) in [6.45, 7) is 1.42. The number of alkyl halides is 3. The second-order valence-electron chi connectivity index (χ2n) is 7.95. The first-order chi connectivity index (χ1) is 16.9. The number of hydrogen-bond acceptors (Lipinski definition) is 4. The number of pyridine rings is 1. The van der Waals surface area contributed by atoms with Crippen LogP contribution < -0.4 is 14.5 Å². The zero-order chi connectivity index (χ0) is 26.6. The number of amides is 1. The molecule has 1 aromatic heterocycles. The van der Waals surface area contributed by atoms with Crippen LogP contribution >= 0.6 is 0 Å². The van der Waals surface area contributed by atoms with E-state index in [9.17, 15) is 26.6 Å². The topological polar surface area (TPSA) is 85.8 Å². The molecule has 12 heteroatoms. The van der Waals surface area contributed by atoms with Crippen LogP contribution in [-0.4, -0.2) is 33.7 Å². The molecule has 36 heavy (non-hydrogen) atoms. The summed E-state index contributed by atoms with van der Waals surface area (Å²) in [4.78, 5) is 18.1. The van der Waals surface area contributed by atoms with Gasteiger partial charge >= 0.3 is 6.18 Å². The highest BCUT2D eigenvalue weighted by molar-refractivity contribution is 7.80. The first-order valence-corrected chi connectivity index (χ1v) is 11.7. The lowest BCUT2D eigenvalue weighted by molar-refractivity contribution is -0.141. The van der Waals surface area contributed by atoms with E-state index in [0.717, 1.165) is 16.4 Å². The third-order valence-electron chi connectivity index (χ3n) is 5.60. The normalized spacial score (nSPS) is 13.1. The molecule has 2 unspecified atom stereocenters. The molecule has 1 amide bonds. The standard InChI is InChI=1S/C24H24F4N4O3S/c1-15(16-9-11-20(19(25)13-16)32(3)36(34)35)23(33)29-14-17-10-12-21(24(26,27)28)30-22(17)31(2)18-7-5-4-6-8-18/h4-13,15H,14H2,1-3H3,(H,29,33)(H,34,35). The van der Waals surface area contributed by atoms with Crippen molar-refractivity contribution in [3.8, 4) is 0 Å². The SMILES string of the molecule is CC(C(=O)NCc1ccc(C(F)(F)F)nc1N(C)c1ccccc1)c1ccc(N(C)S(=O)O)c(F)c1. The van der Waals surface area contributed by atoms with Gasteiger partial charge in [0.2, 0.25) is 5.91 Å². The maximum atomic E-state index is 14.4. The first-order valence-electron chi connectivity index (χ1n) is 10.7. The highest BCUT2D eigenvalue weighted by atomic mass is 32.2. The Bertz CT molecular complexity index is 1260. The molecule has 192 valence electrons. The van der Waals surface area contributed by atoms with Gasteiger partial charge in [0.1, 0.15) is 17.3 Å². The number of hydrogen-bond donors (Lipinski definition) is 2. The van der Waals surface area contributed by atoms with Crippen LogP contribution in [0, 0.1) is 5.82 Å². The number of nitrogens with zero attached hydrogens (tertiary/aromatic N) is 3. The number of para-hydroxylation sites is 1. The quantitative estimate of drug-likeness (QED) is 0.320. The molecular formula is C24H24F4N4O3S. The third-order valence-corrected chi connectivity index (χ3v) is 6.26. The number of rotatable bonds is 8. The van der Waals surface area contributed by atoms with Crippen molar-refractivity contribution in [1.29, 1.82) is 0 Å². The molecule has 0 fully saturated rings. The van der Waals surface area contributed by atoms with E-state index in [1.165, 1.54) is 30.1 Å². The average molecular weight is 525 g/mol. The smallest absolute Gasteiger partial charge is 0.351 e. The van der Waals surface area contributed by atoms with Crippen LogP contribution in [0.4, 0.5) is 34.8 Å². The lowest BCUT2D eigenvalue weighted by Crippen LogP contribution is -2.29. The Morgan fingerprint density at radius 1 is 1.11 bits per heavy atom. The fourth-order valence-electron chi connectivity index (χ4n) is 3.46. The summed E-state index contributed by atoms with van der Waals surface area (Å²) in [5.74, 6) is -2.05.